The van der Waals surface area contributed by atoms with Gasteiger partial charge in [0.25, 0.3) is 0 Å². The van der Waals surface area contributed by atoms with E-state index in [0.29, 0.717) is 5.78 Å². The molecule has 62 valence electrons. The molecule has 0 aromatic heterocycles. The zero-order valence-electron chi connectivity index (χ0n) is 7.04. The van der Waals surface area contributed by atoms with E-state index in [9.17, 15) is 4.79 Å². The smallest absolute Gasteiger partial charge is 0.212 e. The highest BCUT2D eigenvalue weighted by atomic mass is 32.2. The number of rotatable bonds is 0. The van der Waals surface area contributed by atoms with Gasteiger partial charge in [-0.15, -0.1) is 0 Å². The quantitative estimate of drug-likeness (QED) is 0.553. The molecule has 0 amide bonds. The maximum atomic E-state index is 11.5. The molecule has 0 N–H and O–H groups in total. The molecule has 0 bridgehead atoms. The minimum Gasteiger partial charge on any atom is -0.289 e. The van der Waals surface area contributed by atoms with Crippen LogP contribution in [0.4, 0.5) is 0 Å². The molecule has 1 atom stereocenters. The van der Waals surface area contributed by atoms with Gasteiger partial charge >= 0.3 is 0 Å². The molecule has 12 heavy (non-hydrogen) atoms. The van der Waals surface area contributed by atoms with E-state index in [1.54, 1.807) is 0 Å². The third-order valence-electron chi connectivity index (χ3n) is 2.10. The molecule has 1 unspecified atom stereocenters. The highest BCUT2D eigenvalue weighted by molar-refractivity contribution is 7.96. The number of carbonyl (C=O) groups excluding carboxylic acids is 1. The van der Waals surface area contributed by atoms with Crippen LogP contribution < -0.4 is 0 Å². The summed E-state index contributed by atoms with van der Waals surface area (Å²) in [4.78, 5) is 11.5. The van der Waals surface area contributed by atoms with Crippen molar-refractivity contribution in [2.45, 2.75) is 5.75 Å². The highest BCUT2D eigenvalue weighted by Gasteiger charge is 2.27. The molecule has 2 heteroatoms. The Morgan fingerprint density at radius 2 is 2.00 bits per heavy atom. The van der Waals surface area contributed by atoms with Crippen LogP contribution in [-0.4, -0.2) is 17.8 Å². The molecule has 0 aliphatic carbocycles. The fourth-order valence-corrected chi connectivity index (χ4v) is 3.02. The van der Waals surface area contributed by atoms with Crippen LogP contribution >= 0.6 is 0 Å². The second kappa shape index (κ2) is 2.94. The summed E-state index contributed by atoms with van der Waals surface area (Å²) in [7, 11) is 0.269. The summed E-state index contributed by atoms with van der Waals surface area (Å²) in [6, 6.07) is 7.95. The molecule has 0 fully saturated rings. The number of fused-ring (bicyclic) bond motifs is 1. The van der Waals surface area contributed by atoms with Crippen molar-refractivity contribution >= 4 is 16.7 Å². The second-order valence-electron chi connectivity index (χ2n) is 3.15. The van der Waals surface area contributed by atoms with Crippen LogP contribution in [0.2, 0.25) is 0 Å². The maximum absolute atomic E-state index is 11.5. The van der Waals surface area contributed by atoms with Gasteiger partial charge in [0.05, 0.1) is 6.26 Å². The molecule has 0 saturated carbocycles. The molecule has 1 aromatic rings. The van der Waals surface area contributed by atoms with Crippen molar-refractivity contribution in [3.05, 3.63) is 35.4 Å². The van der Waals surface area contributed by atoms with E-state index in [2.05, 4.69) is 12.3 Å². The first-order chi connectivity index (χ1) is 5.77. The average Bonchev–Trinajstić information content (AvgIpc) is 2.04. The summed E-state index contributed by atoms with van der Waals surface area (Å²) in [5.74, 6) is 2.15. The van der Waals surface area contributed by atoms with E-state index in [0.717, 1.165) is 17.1 Å². The van der Waals surface area contributed by atoms with E-state index < -0.39 is 0 Å². The van der Waals surface area contributed by atoms with Gasteiger partial charge in [0.15, 0.2) is 5.75 Å². The van der Waals surface area contributed by atoms with E-state index in [4.69, 9.17) is 0 Å². The number of Topliss-reactive ketones (excluding diaryl/α,β-unsaturated/α-hetero) is 1. The summed E-state index contributed by atoms with van der Waals surface area (Å²) in [5, 5.41) is 0. The van der Waals surface area contributed by atoms with Gasteiger partial charge in [-0.05, 0) is 10.9 Å². The molecule has 1 aliphatic rings. The first-order valence-corrected chi connectivity index (χ1v) is 5.95. The van der Waals surface area contributed by atoms with Crippen molar-refractivity contribution in [3.8, 4) is 0 Å². The first-order valence-electron chi connectivity index (χ1n) is 3.97. The predicted octanol–water partition coefficient (Wildman–Crippen LogP) is 1.63. The monoisotopic (exact) mass is 179 g/mol. The van der Waals surface area contributed by atoms with Gasteiger partial charge in [0, 0.05) is 11.1 Å². The number of carbonyl (C=O) groups is 1. The number of hydrogen-bond acceptors (Lipinski definition) is 1. The zero-order valence-corrected chi connectivity index (χ0v) is 7.86. The van der Waals surface area contributed by atoms with Crippen molar-refractivity contribution in [3.63, 3.8) is 0 Å². The van der Waals surface area contributed by atoms with Crippen molar-refractivity contribution in [2.75, 3.05) is 12.0 Å². The molecular formula is C10H11OS+. The molecule has 1 heterocycles. The van der Waals surface area contributed by atoms with Crippen LogP contribution in [0.15, 0.2) is 24.3 Å². The van der Waals surface area contributed by atoms with Crippen molar-refractivity contribution in [2.24, 2.45) is 0 Å². The third-order valence-corrected chi connectivity index (χ3v) is 3.66. The van der Waals surface area contributed by atoms with Gasteiger partial charge in [-0.25, -0.2) is 0 Å². The lowest BCUT2D eigenvalue weighted by Crippen LogP contribution is -2.24. The second-order valence-corrected chi connectivity index (χ2v) is 5.29. The minimum atomic E-state index is 0.269. The molecule has 1 nitrogen and oxygen atoms in total. The maximum Gasteiger partial charge on any atom is 0.212 e. The molecule has 2 rings (SSSR count). The Kier molecular flexibility index (Phi) is 1.93. The topological polar surface area (TPSA) is 17.1 Å². The fourth-order valence-electron chi connectivity index (χ4n) is 1.54. The van der Waals surface area contributed by atoms with Gasteiger partial charge in [-0.3, -0.25) is 4.79 Å². The van der Waals surface area contributed by atoms with Crippen molar-refractivity contribution < 1.29 is 4.79 Å². The van der Waals surface area contributed by atoms with Crippen LogP contribution in [0.1, 0.15) is 15.9 Å². The lowest BCUT2D eigenvalue weighted by atomic mass is 10.1. The summed E-state index contributed by atoms with van der Waals surface area (Å²) in [6.45, 7) is 0. The Morgan fingerprint density at radius 1 is 1.25 bits per heavy atom. The van der Waals surface area contributed by atoms with Crippen LogP contribution in [0.25, 0.3) is 0 Å². The van der Waals surface area contributed by atoms with E-state index in [1.807, 2.05) is 18.2 Å². The van der Waals surface area contributed by atoms with Crippen LogP contribution in [0.5, 0.6) is 0 Å². The lowest BCUT2D eigenvalue weighted by Gasteiger charge is -2.13. The average molecular weight is 179 g/mol. The van der Waals surface area contributed by atoms with Crippen molar-refractivity contribution in [1.82, 2.24) is 0 Å². The molecule has 0 saturated heterocycles. The van der Waals surface area contributed by atoms with Gasteiger partial charge < -0.3 is 0 Å². The van der Waals surface area contributed by atoms with Crippen LogP contribution in [-0.2, 0) is 16.6 Å². The Morgan fingerprint density at radius 3 is 2.83 bits per heavy atom. The summed E-state index contributed by atoms with van der Waals surface area (Å²) in [6.07, 6.45) is 2.16. The molecule has 1 aliphatic heterocycles. The molecule has 0 spiro atoms. The number of benzene rings is 1. The van der Waals surface area contributed by atoms with Crippen LogP contribution in [0, 0.1) is 0 Å². The Labute approximate surface area is 75.1 Å². The Balaban J connectivity index is 2.47. The summed E-state index contributed by atoms with van der Waals surface area (Å²) >= 11 is 0. The number of hydrogen-bond donors (Lipinski definition) is 0. The van der Waals surface area contributed by atoms with E-state index in [-0.39, 0.29) is 10.9 Å². The lowest BCUT2D eigenvalue weighted by molar-refractivity contribution is 0.102. The Hall–Kier alpha value is -0.760. The minimum absolute atomic E-state index is 0.269. The highest BCUT2D eigenvalue weighted by Crippen LogP contribution is 2.19. The zero-order chi connectivity index (χ0) is 8.55. The van der Waals surface area contributed by atoms with Crippen molar-refractivity contribution in [1.29, 1.82) is 0 Å². The fraction of sp³-hybridized carbons (Fsp3) is 0.300. The Bertz CT molecular complexity index is 319. The SMILES string of the molecule is C[S+]1CC(=O)c2ccccc2C1. The van der Waals surface area contributed by atoms with Gasteiger partial charge in [-0.1, -0.05) is 24.3 Å². The molecule has 0 radical (unpaired) electrons. The summed E-state index contributed by atoms with van der Waals surface area (Å²) in [5.41, 5.74) is 2.18. The third kappa shape index (κ3) is 1.27. The standard InChI is InChI=1S/C10H11OS/c1-12-6-8-4-2-3-5-9(8)10(11)7-12/h2-5H,6-7H2,1H3/q+1. The largest absolute Gasteiger partial charge is 0.289 e. The van der Waals surface area contributed by atoms with E-state index in [1.165, 1.54) is 5.56 Å². The number of ketones is 1. The molecule has 1 aromatic carbocycles. The molecular weight excluding hydrogens is 168 g/mol. The summed E-state index contributed by atoms with van der Waals surface area (Å²) < 4.78 is 0. The van der Waals surface area contributed by atoms with Crippen LogP contribution in [0.3, 0.4) is 0 Å². The van der Waals surface area contributed by atoms with E-state index >= 15 is 0 Å². The van der Waals surface area contributed by atoms with Gasteiger partial charge in [0.1, 0.15) is 5.75 Å². The predicted molar refractivity (Wildman–Crippen MR) is 52.6 cm³/mol. The normalized spacial score (nSPS) is 22.1. The first kappa shape index (κ1) is 7.87. The van der Waals surface area contributed by atoms with Gasteiger partial charge in [-0.2, -0.15) is 0 Å². The van der Waals surface area contributed by atoms with Gasteiger partial charge in [0.2, 0.25) is 5.78 Å².